The fourth-order valence-corrected chi connectivity index (χ4v) is 2.78. The number of carbonyl (C=O) groups excluding carboxylic acids is 1. The van der Waals surface area contributed by atoms with Crippen molar-refractivity contribution in [1.82, 2.24) is 0 Å². The van der Waals surface area contributed by atoms with Crippen molar-refractivity contribution < 1.29 is 39.4 Å². The third-order valence-corrected chi connectivity index (χ3v) is 4.40. The number of carbonyl (C=O) groups is 1. The molecule has 0 saturated carbocycles. The van der Waals surface area contributed by atoms with Crippen molar-refractivity contribution in [3.05, 3.63) is 0 Å². The van der Waals surface area contributed by atoms with Gasteiger partial charge in [0.05, 0.1) is 31.5 Å². The molecule has 1 aliphatic rings. The third kappa shape index (κ3) is 4.24. The number of halogens is 1. The summed E-state index contributed by atoms with van der Waals surface area (Å²) in [6, 6.07) is 0. The lowest BCUT2D eigenvalue weighted by Gasteiger charge is -2.43. The van der Waals surface area contributed by atoms with E-state index < -0.39 is 42.3 Å². The van der Waals surface area contributed by atoms with Crippen LogP contribution in [-0.2, 0) is 19.0 Å². The van der Waals surface area contributed by atoms with E-state index in [0.717, 1.165) is 7.11 Å². The first-order valence-electron chi connectivity index (χ1n) is 6.41. The first kappa shape index (κ1) is 19.0. The van der Waals surface area contributed by atoms with Gasteiger partial charge < -0.3 is 34.6 Å². The normalized spacial score (nSPS) is 36.0. The molecule has 1 saturated heterocycles. The minimum Gasteiger partial charge on any atom is -0.465 e. The number of esters is 1. The van der Waals surface area contributed by atoms with Crippen LogP contribution in [0.5, 0.6) is 0 Å². The molecule has 0 aromatic heterocycles. The lowest BCUT2D eigenvalue weighted by atomic mass is 9.91. The smallest absolute Gasteiger partial charge is 0.366 e. The Morgan fingerprint density at radius 1 is 1.38 bits per heavy atom. The number of alkyl halides is 1. The Balaban J connectivity index is 2.89. The van der Waals surface area contributed by atoms with E-state index in [0.29, 0.717) is 0 Å². The number of aliphatic hydroxyl groups excluding tert-OH is 4. The summed E-state index contributed by atoms with van der Waals surface area (Å²) in [6.07, 6.45) is -6.31. The van der Waals surface area contributed by atoms with Crippen LogP contribution in [0.3, 0.4) is 0 Å². The van der Waals surface area contributed by atoms with Crippen LogP contribution in [-0.4, -0.2) is 81.3 Å². The Kier molecular flexibility index (Phi) is 7.24. The molecule has 1 aliphatic heterocycles. The van der Waals surface area contributed by atoms with Gasteiger partial charge in [-0.1, -0.05) is 22.6 Å². The summed E-state index contributed by atoms with van der Waals surface area (Å²) in [6.45, 7) is 0. The van der Waals surface area contributed by atoms with Crippen LogP contribution in [0, 0.1) is 0 Å². The second-order valence-corrected chi connectivity index (χ2v) is 5.77. The van der Waals surface area contributed by atoms with Gasteiger partial charge in [-0.25, -0.2) is 4.79 Å². The van der Waals surface area contributed by atoms with Crippen molar-refractivity contribution in [2.24, 2.45) is 0 Å². The summed E-state index contributed by atoms with van der Waals surface area (Å²) < 4.78 is 15.4. The largest absolute Gasteiger partial charge is 0.465 e. The summed E-state index contributed by atoms with van der Waals surface area (Å²) in [5.74, 6) is -2.68. The molecule has 9 heteroatoms. The van der Waals surface area contributed by atoms with Gasteiger partial charge in [0.25, 0.3) is 5.79 Å². The van der Waals surface area contributed by atoms with E-state index in [1.807, 2.05) is 22.6 Å². The summed E-state index contributed by atoms with van der Waals surface area (Å²) in [4.78, 5) is 11.8. The predicted molar refractivity (Wildman–Crippen MR) is 78.8 cm³/mol. The standard InChI is InChI=1S/C12H21IO8/c1-19-11(18)12(20-2)4-7(15)10(17)9(21-12)3-6(14)8(16)5-13/h6-10,14-17H,3-5H2,1-2H3/t6?,7-,8?,9-,10+,12+/m0/s1. The number of ether oxygens (including phenoxy) is 3. The van der Waals surface area contributed by atoms with Crippen molar-refractivity contribution in [3.63, 3.8) is 0 Å². The first-order valence-corrected chi connectivity index (χ1v) is 7.93. The molecule has 0 spiro atoms. The zero-order chi connectivity index (χ0) is 16.2. The lowest BCUT2D eigenvalue weighted by molar-refractivity contribution is -0.307. The number of hydrogen-bond acceptors (Lipinski definition) is 8. The molecule has 6 atom stereocenters. The maximum absolute atomic E-state index is 11.8. The number of rotatable bonds is 6. The molecule has 124 valence electrons. The predicted octanol–water partition coefficient (Wildman–Crippen LogP) is -1.44. The van der Waals surface area contributed by atoms with Crippen molar-refractivity contribution >= 4 is 28.6 Å². The molecule has 0 bridgehead atoms. The summed E-state index contributed by atoms with van der Waals surface area (Å²) in [7, 11) is 2.36. The van der Waals surface area contributed by atoms with E-state index in [9.17, 15) is 25.2 Å². The minimum absolute atomic E-state index is 0.162. The fourth-order valence-electron chi connectivity index (χ4n) is 2.19. The van der Waals surface area contributed by atoms with Gasteiger partial charge in [0, 0.05) is 24.4 Å². The van der Waals surface area contributed by atoms with E-state index in [1.54, 1.807) is 0 Å². The van der Waals surface area contributed by atoms with Gasteiger partial charge in [-0.05, 0) is 0 Å². The van der Waals surface area contributed by atoms with Crippen LogP contribution in [0.25, 0.3) is 0 Å². The highest BCUT2D eigenvalue weighted by atomic mass is 127. The molecule has 1 rings (SSSR count). The first-order chi connectivity index (χ1) is 9.81. The monoisotopic (exact) mass is 420 g/mol. The maximum Gasteiger partial charge on any atom is 0.366 e. The van der Waals surface area contributed by atoms with Crippen molar-refractivity contribution in [3.8, 4) is 0 Å². The van der Waals surface area contributed by atoms with E-state index in [-0.39, 0.29) is 17.3 Å². The van der Waals surface area contributed by atoms with Gasteiger partial charge in [0.1, 0.15) is 6.10 Å². The number of hydrogen-bond donors (Lipinski definition) is 4. The Morgan fingerprint density at radius 3 is 2.48 bits per heavy atom. The third-order valence-electron chi connectivity index (χ3n) is 3.50. The molecular formula is C12H21IO8. The average molecular weight is 420 g/mol. The van der Waals surface area contributed by atoms with E-state index in [2.05, 4.69) is 4.74 Å². The van der Waals surface area contributed by atoms with Crippen molar-refractivity contribution in [1.29, 1.82) is 0 Å². The molecule has 0 radical (unpaired) electrons. The Labute approximate surface area is 136 Å². The highest BCUT2D eigenvalue weighted by Crippen LogP contribution is 2.33. The molecule has 0 aromatic carbocycles. The van der Waals surface area contributed by atoms with Gasteiger partial charge in [-0.15, -0.1) is 0 Å². The Morgan fingerprint density at radius 2 is 2.00 bits per heavy atom. The van der Waals surface area contributed by atoms with Gasteiger partial charge in [0.15, 0.2) is 0 Å². The lowest BCUT2D eigenvalue weighted by Crippen LogP contribution is -2.60. The quantitative estimate of drug-likeness (QED) is 0.234. The van der Waals surface area contributed by atoms with Gasteiger partial charge in [-0.3, -0.25) is 0 Å². The molecule has 4 N–H and O–H groups in total. The number of methoxy groups -OCH3 is 2. The zero-order valence-electron chi connectivity index (χ0n) is 11.8. The second-order valence-electron chi connectivity index (χ2n) is 4.89. The maximum atomic E-state index is 11.8. The van der Waals surface area contributed by atoms with Crippen LogP contribution in [0.4, 0.5) is 0 Å². The molecule has 0 aromatic rings. The van der Waals surface area contributed by atoms with Crippen LogP contribution >= 0.6 is 22.6 Å². The SMILES string of the molecule is COC(=O)[C@@]1(OC)C[C@H](O)[C@@H](O)[C@H](CC(O)C(O)CI)O1. The van der Waals surface area contributed by atoms with E-state index in [1.165, 1.54) is 7.11 Å². The molecule has 2 unspecified atom stereocenters. The Hall–Kier alpha value is -0.0400. The molecule has 1 heterocycles. The molecule has 0 amide bonds. The van der Waals surface area contributed by atoms with E-state index in [4.69, 9.17) is 9.47 Å². The topological polar surface area (TPSA) is 126 Å². The van der Waals surface area contributed by atoms with Crippen LogP contribution < -0.4 is 0 Å². The average Bonchev–Trinajstić information content (AvgIpc) is 2.49. The molecule has 1 fully saturated rings. The van der Waals surface area contributed by atoms with Crippen molar-refractivity contribution in [2.75, 3.05) is 18.6 Å². The fraction of sp³-hybridized carbons (Fsp3) is 0.917. The van der Waals surface area contributed by atoms with Crippen molar-refractivity contribution in [2.45, 2.75) is 49.1 Å². The Bertz CT molecular complexity index is 354. The molecular weight excluding hydrogens is 399 g/mol. The van der Waals surface area contributed by atoms with Gasteiger partial charge >= 0.3 is 5.97 Å². The van der Waals surface area contributed by atoms with Crippen LogP contribution in [0.2, 0.25) is 0 Å². The van der Waals surface area contributed by atoms with Gasteiger partial charge in [0.2, 0.25) is 0 Å². The number of aliphatic hydroxyl groups is 4. The molecule has 8 nitrogen and oxygen atoms in total. The van der Waals surface area contributed by atoms with Gasteiger partial charge in [-0.2, -0.15) is 0 Å². The highest BCUT2D eigenvalue weighted by Gasteiger charge is 2.53. The minimum atomic E-state index is -1.84. The zero-order valence-corrected chi connectivity index (χ0v) is 14.0. The highest BCUT2D eigenvalue weighted by molar-refractivity contribution is 14.1. The molecule has 0 aliphatic carbocycles. The summed E-state index contributed by atoms with van der Waals surface area (Å²) in [5.41, 5.74) is 0. The van der Waals surface area contributed by atoms with Crippen LogP contribution in [0.1, 0.15) is 12.8 Å². The summed E-state index contributed by atoms with van der Waals surface area (Å²) in [5, 5.41) is 39.3. The van der Waals surface area contributed by atoms with E-state index >= 15 is 0 Å². The summed E-state index contributed by atoms with van der Waals surface area (Å²) >= 11 is 1.90. The van der Waals surface area contributed by atoms with Crippen LogP contribution in [0.15, 0.2) is 0 Å². The molecule has 21 heavy (non-hydrogen) atoms. The second kappa shape index (κ2) is 7.99.